The number of benzene rings is 1. The van der Waals surface area contributed by atoms with Gasteiger partial charge in [-0.05, 0) is 42.5 Å². The molecule has 0 N–H and O–H groups in total. The van der Waals surface area contributed by atoms with Crippen molar-refractivity contribution in [2.45, 2.75) is 42.8 Å². The Labute approximate surface area is 190 Å². The molecule has 0 atom stereocenters. The van der Waals surface area contributed by atoms with Gasteiger partial charge in [-0.3, -0.25) is 4.90 Å². The summed E-state index contributed by atoms with van der Waals surface area (Å²) in [6.07, 6.45) is 2.79. The third-order valence-corrected chi connectivity index (χ3v) is 8.77. The first-order chi connectivity index (χ1) is 15.4. The summed E-state index contributed by atoms with van der Waals surface area (Å²) in [5.41, 5.74) is 0.685. The van der Waals surface area contributed by atoms with Gasteiger partial charge in [0.2, 0.25) is 0 Å². The number of hydrogen-bond acceptors (Lipinski definition) is 6. The summed E-state index contributed by atoms with van der Waals surface area (Å²) in [5.74, 6) is 0.759. The van der Waals surface area contributed by atoms with E-state index in [2.05, 4.69) is 9.64 Å². The molecule has 1 fully saturated rings. The second kappa shape index (κ2) is 10.1. The number of piperidine rings is 1. The minimum atomic E-state index is -3.66. The van der Waals surface area contributed by atoms with Crippen molar-refractivity contribution in [2.24, 2.45) is 0 Å². The average molecular weight is 483 g/mol. The van der Waals surface area contributed by atoms with Crippen LogP contribution in [0.15, 0.2) is 68.8 Å². The predicted molar refractivity (Wildman–Crippen MR) is 117 cm³/mol. The summed E-state index contributed by atoms with van der Waals surface area (Å²) in [6.45, 7) is -0.960. The molecule has 0 bridgehead atoms. The molecule has 0 unspecified atom stereocenters. The lowest BCUT2D eigenvalue weighted by Crippen LogP contribution is -2.46. The lowest BCUT2D eigenvalue weighted by Gasteiger charge is -2.37. The first kappa shape index (κ1) is 22.9. The Kier molecular flexibility index (Phi) is 7.24. The molecule has 1 aromatic carbocycles. The molecule has 0 amide bonds. The van der Waals surface area contributed by atoms with E-state index in [1.807, 2.05) is 0 Å². The SMILES string of the molecule is O=S(=O)(c1cccs1)N(Cc1ccco1)C1CCN(Cc2ccccc2OC(F)F)CC1. The van der Waals surface area contributed by atoms with Crippen LogP contribution >= 0.6 is 11.3 Å². The van der Waals surface area contributed by atoms with Crippen LogP contribution in [0.25, 0.3) is 0 Å². The van der Waals surface area contributed by atoms with Crippen LogP contribution < -0.4 is 4.74 Å². The molecule has 1 aliphatic rings. The van der Waals surface area contributed by atoms with Crippen LogP contribution in [-0.4, -0.2) is 43.4 Å². The second-order valence-electron chi connectivity index (χ2n) is 7.56. The zero-order valence-electron chi connectivity index (χ0n) is 17.3. The van der Waals surface area contributed by atoms with Crippen molar-refractivity contribution in [1.29, 1.82) is 0 Å². The number of halogens is 2. The molecule has 6 nitrogen and oxygen atoms in total. The van der Waals surface area contributed by atoms with E-state index in [9.17, 15) is 17.2 Å². The summed E-state index contributed by atoms with van der Waals surface area (Å²) < 4.78 is 64.0. The zero-order chi connectivity index (χ0) is 22.6. The maximum absolute atomic E-state index is 13.3. The Morgan fingerprint density at radius 2 is 1.91 bits per heavy atom. The van der Waals surface area contributed by atoms with Gasteiger partial charge < -0.3 is 9.15 Å². The van der Waals surface area contributed by atoms with E-state index in [1.54, 1.807) is 47.8 Å². The summed E-state index contributed by atoms with van der Waals surface area (Å²) in [4.78, 5) is 2.13. The summed E-state index contributed by atoms with van der Waals surface area (Å²) in [7, 11) is -3.66. The number of ether oxygens (including phenoxy) is 1. The Morgan fingerprint density at radius 3 is 2.56 bits per heavy atom. The van der Waals surface area contributed by atoms with Crippen molar-refractivity contribution in [3.63, 3.8) is 0 Å². The number of nitrogens with zero attached hydrogens (tertiary/aromatic N) is 2. The largest absolute Gasteiger partial charge is 0.468 e. The van der Waals surface area contributed by atoms with E-state index in [4.69, 9.17) is 4.42 Å². The van der Waals surface area contributed by atoms with Crippen LogP contribution in [0.1, 0.15) is 24.2 Å². The van der Waals surface area contributed by atoms with Gasteiger partial charge in [0.25, 0.3) is 10.0 Å². The van der Waals surface area contributed by atoms with Gasteiger partial charge in [-0.1, -0.05) is 24.3 Å². The molecule has 0 aliphatic carbocycles. The maximum atomic E-state index is 13.3. The topological polar surface area (TPSA) is 63.0 Å². The van der Waals surface area contributed by atoms with Crippen molar-refractivity contribution in [3.05, 3.63) is 71.5 Å². The van der Waals surface area contributed by atoms with Gasteiger partial charge in [0, 0.05) is 31.2 Å². The molecule has 4 rings (SSSR count). The van der Waals surface area contributed by atoms with Gasteiger partial charge in [0.05, 0.1) is 12.8 Å². The van der Waals surface area contributed by atoms with Crippen molar-refractivity contribution >= 4 is 21.4 Å². The van der Waals surface area contributed by atoms with Crippen molar-refractivity contribution in [1.82, 2.24) is 9.21 Å². The molecule has 2 aromatic heterocycles. The second-order valence-corrected chi connectivity index (χ2v) is 10.6. The van der Waals surface area contributed by atoms with Gasteiger partial charge >= 0.3 is 6.61 Å². The smallest absolute Gasteiger partial charge is 0.387 e. The van der Waals surface area contributed by atoms with Gasteiger partial charge in [-0.25, -0.2) is 8.42 Å². The fraction of sp³-hybridized carbons (Fsp3) is 0.364. The van der Waals surface area contributed by atoms with Crippen molar-refractivity contribution in [2.75, 3.05) is 13.1 Å². The van der Waals surface area contributed by atoms with Crippen LogP contribution in [-0.2, 0) is 23.1 Å². The number of likely N-dealkylation sites (tertiary alicyclic amines) is 1. The van der Waals surface area contributed by atoms with E-state index in [1.165, 1.54) is 28.0 Å². The Hall–Kier alpha value is -2.27. The summed E-state index contributed by atoms with van der Waals surface area (Å²) in [6, 6.07) is 13.4. The number of thiophene rings is 1. The highest BCUT2D eigenvalue weighted by molar-refractivity contribution is 7.91. The van der Waals surface area contributed by atoms with E-state index >= 15 is 0 Å². The molecular weight excluding hydrogens is 458 g/mol. The highest BCUT2D eigenvalue weighted by Gasteiger charge is 2.35. The van der Waals surface area contributed by atoms with Crippen molar-refractivity contribution in [3.8, 4) is 5.75 Å². The Morgan fingerprint density at radius 1 is 1.12 bits per heavy atom. The molecule has 1 saturated heterocycles. The highest BCUT2D eigenvalue weighted by atomic mass is 32.2. The molecule has 0 radical (unpaired) electrons. The van der Waals surface area contributed by atoms with Gasteiger partial charge in [-0.2, -0.15) is 13.1 Å². The number of rotatable bonds is 9. The van der Waals surface area contributed by atoms with Crippen molar-refractivity contribution < 1.29 is 26.4 Å². The predicted octanol–water partition coefficient (Wildman–Crippen LogP) is 4.80. The molecule has 0 saturated carbocycles. The molecule has 32 heavy (non-hydrogen) atoms. The molecule has 0 spiro atoms. The standard InChI is InChI=1S/C22H24F2N2O4S2/c23-22(24)30-20-7-2-1-5-17(20)15-25-11-9-18(10-12-25)26(16-19-6-3-13-29-19)32(27,28)21-8-4-14-31-21/h1-8,13-14,18,22H,9-12,15-16H2. The van der Waals surface area contributed by atoms with Crippen LogP contribution in [0.2, 0.25) is 0 Å². The molecule has 172 valence electrons. The zero-order valence-corrected chi connectivity index (χ0v) is 18.9. The first-order valence-corrected chi connectivity index (χ1v) is 12.6. The summed E-state index contributed by atoms with van der Waals surface area (Å²) in [5, 5.41) is 1.75. The Bertz CT molecular complexity index is 1080. The van der Waals surface area contributed by atoms with Crippen LogP contribution in [0, 0.1) is 0 Å². The number of furan rings is 1. The number of hydrogen-bond donors (Lipinski definition) is 0. The number of alkyl halides is 2. The number of para-hydroxylation sites is 1. The fourth-order valence-electron chi connectivity index (χ4n) is 3.94. The lowest BCUT2D eigenvalue weighted by molar-refractivity contribution is -0.0508. The third-order valence-electron chi connectivity index (χ3n) is 5.50. The third kappa shape index (κ3) is 5.37. The van der Waals surface area contributed by atoms with E-state index in [-0.39, 0.29) is 18.3 Å². The van der Waals surface area contributed by atoms with E-state index in [0.29, 0.717) is 48.0 Å². The Balaban J connectivity index is 1.46. The van der Waals surface area contributed by atoms with Crippen LogP contribution in [0.3, 0.4) is 0 Å². The van der Waals surface area contributed by atoms with E-state index in [0.717, 1.165) is 0 Å². The highest BCUT2D eigenvalue weighted by Crippen LogP contribution is 2.30. The fourth-order valence-corrected chi connectivity index (χ4v) is 6.71. The minimum absolute atomic E-state index is 0.170. The molecule has 10 heteroatoms. The number of sulfonamides is 1. The van der Waals surface area contributed by atoms with Crippen LogP contribution in [0.4, 0.5) is 8.78 Å². The average Bonchev–Trinajstić information content (AvgIpc) is 3.48. The molecule has 3 aromatic rings. The quantitative estimate of drug-likeness (QED) is 0.439. The normalized spacial score (nSPS) is 16.1. The minimum Gasteiger partial charge on any atom is -0.468 e. The summed E-state index contributed by atoms with van der Waals surface area (Å²) >= 11 is 1.20. The monoisotopic (exact) mass is 482 g/mol. The first-order valence-electron chi connectivity index (χ1n) is 10.3. The molecular formula is C22H24F2N2O4S2. The molecule has 3 heterocycles. The van der Waals surface area contributed by atoms with Crippen LogP contribution in [0.5, 0.6) is 5.75 Å². The van der Waals surface area contributed by atoms with Gasteiger partial charge in [0.15, 0.2) is 0 Å². The van der Waals surface area contributed by atoms with Gasteiger partial charge in [0.1, 0.15) is 15.7 Å². The molecule has 1 aliphatic heterocycles. The maximum Gasteiger partial charge on any atom is 0.387 e. The van der Waals surface area contributed by atoms with Gasteiger partial charge in [-0.15, -0.1) is 11.3 Å². The van der Waals surface area contributed by atoms with E-state index < -0.39 is 16.6 Å². The lowest BCUT2D eigenvalue weighted by atomic mass is 10.0.